The van der Waals surface area contributed by atoms with Gasteiger partial charge in [0.15, 0.2) is 0 Å². The number of ether oxygens (including phenoxy) is 2. The first-order chi connectivity index (χ1) is 10.7. The van der Waals surface area contributed by atoms with Gasteiger partial charge in [0.2, 0.25) is 0 Å². The molecular weight excluding hydrogens is 310 g/mol. The molecule has 0 spiro atoms. The highest BCUT2D eigenvalue weighted by Crippen LogP contribution is 2.32. The highest BCUT2D eigenvalue weighted by molar-refractivity contribution is 6.76. The van der Waals surface area contributed by atoms with Crippen LogP contribution in [0.1, 0.15) is 25.7 Å². The van der Waals surface area contributed by atoms with Crippen molar-refractivity contribution in [2.75, 3.05) is 20.4 Å². The average Bonchev–Trinajstić information content (AvgIpc) is 2.45. The lowest BCUT2D eigenvalue weighted by Gasteiger charge is -2.36. The molecule has 7 heteroatoms. The van der Waals surface area contributed by atoms with Crippen LogP contribution < -0.4 is 11.5 Å². The first-order valence-electron chi connectivity index (χ1n) is 8.11. The van der Waals surface area contributed by atoms with Crippen molar-refractivity contribution in [3.05, 3.63) is 11.8 Å². The van der Waals surface area contributed by atoms with Crippen LogP contribution in [0.25, 0.3) is 0 Å². The Morgan fingerprint density at radius 1 is 1.43 bits per heavy atom. The van der Waals surface area contributed by atoms with Gasteiger partial charge < -0.3 is 20.9 Å². The highest BCUT2D eigenvalue weighted by Gasteiger charge is 2.38. The van der Waals surface area contributed by atoms with Crippen molar-refractivity contribution in [3.63, 3.8) is 0 Å². The second-order valence-corrected chi connectivity index (χ2v) is 12.9. The summed E-state index contributed by atoms with van der Waals surface area (Å²) in [6, 6.07) is 1.11. The maximum absolute atomic E-state index is 11.6. The van der Waals surface area contributed by atoms with Crippen LogP contribution in [0.5, 0.6) is 0 Å². The van der Waals surface area contributed by atoms with Gasteiger partial charge in [-0.05, 0) is 25.3 Å². The molecule has 0 aromatic heterocycles. The van der Waals surface area contributed by atoms with Crippen molar-refractivity contribution in [1.82, 2.24) is 0 Å². The molecule has 0 aromatic carbocycles. The average molecular weight is 342 g/mol. The van der Waals surface area contributed by atoms with E-state index in [-0.39, 0.29) is 12.4 Å². The zero-order valence-electron chi connectivity index (χ0n) is 14.9. The van der Waals surface area contributed by atoms with Crippen molar-refractivity contribution < 1.29 is 14.3 Å². The van der Waals surface area contributed by atoms with Crippen molar-refractivity contribution in [3.8, 4) is 0 Å². The standard InChI is InChI=1S/C16H31N3O3Si/c1-21-15(20)10-16(18)7-5-6-14(13(16)11-17)19-12-22-8-9-23(2,3)4/h11H,5-10,12,17-18H2,1-4H3/b13-11+,19-14+/t16-/m0/s1. The Morgan fingerprint density at radius 3 is 2.70 bits per heavy atom. The molecule has 6 nitrogen and oxygen atoms in total. The molecule has 0 saturated heterocycles. The lowest BCUT2D eigenvalue weighted by molar-refractivity contribution is -0.141. The second kappa shape index (κ2) is 8.61. The molecule has 1 rings (SSSR count). The SMILES string of the molecule is COC(=O)C[C@@]1(N)CCCC(=N\COCC[Si](C)(C)C)/C1=C\N. The maximum atomic E-state index is 11.6. The van der Waals surface area contributed by atoms with Gasteiger partial charge in [-0.3, -0.25) is 9.79 Å². The van der Waals surface area contributed by atoms with E-state index in [1.165, 1.54) is 13.3 Å². The molecule has 1 atom stereocenters. The van der Waals surface area contributed by atoms with Crippen LogP contribution in [0.15, 0.2) is 16.8 Å². The largest absolute Gasteiger partial charge is 0.469 e. The number of hydrogen-bond donors (Lipinski definition) is 2. The van der Waals surface area contributed by atoms with Gasteiger partial charge in [0.25, 0.3) is 0 Å². The molecule has 1 fully saturated rings. The van der Waals surface area contributed by atoms with Crippen molar-refractivity contribution in [2.24, 2.45) is 16.5 Å². The molecule has 0 amide bonds. The predicted molar refractivity (Wildman–Crippen MR) is 96.1 cm³/mol. The third-order valence-corrected chi connectivity index (χ3v) is 5.79. The molecule has 0 bridgehead atoms. The van der Waals surface area contributed by atoms with E-state index in [0.717, 1.165) is 36.8 Å². The number of methoxy groups -OCH3 is 1. The second-order valence-electron chi connectivity index (χ2n) is 7.30. The van der Waals surface area contributed by atoms with Crippen LogP contribution in [0.3, 0.4) is 0 Å². The van der Waals surface area contributed by atoms with E-state index in [9.17, 15) is 4.79 Å². The molecule has 0 unspecified atom stereocenters. The number of carbonyl (C=O) groups excluding carboxylic acids is 1. The minimum absolute atomic E-state index is 0.113. The minimum atomic E-state index is -1.09. The summed E-state index contributed by atoms with van der Waals surface area (Å²) in [4.78, 5) is 16.1. The summed E-state index contributed by atoms with van der Waals surface area (Å²) in [6.07, 6.45) is 3.96. The van der Waals surface area contributed by atoms with Crippen molar-refractivity contribution >= 4 is 19.8 Å². The number of carbonyl (C=O) groups is 1. The molecule has 1 aliphatic rings. The van der Waals surface area contributed by atoms with Gasteiger partial charge in [-0.1, -0.05) is 19.6 Å². The fourth-order valence-electron chi connectivity index (χ4n) is 2.63. The Bertz CT molecular complexity index is 472. The van der Waals surface area contributed by atoms with Crippen LogP contribution >= 0.6 is 0 Å². The van der Waals surface area contributed by atoms with Gasteiger partial charge in [-0.2, -0.15) is 0 Å². The summed E-state index contributed by atoms with van der Waals surface area (Å²) in [6.45, 7) is 7.98. The van der Waals surface area contributed by atoms with Crippen LogP contribution in [0.4, 0.5) is 0 Å². The number of rotatable bonds is 7. The van der Waals surface area contributed by atoms with Crippen molar-refractivity contribution in [1.29, 1.82) is 0 Å². The number of aliphatic imine (C=N–C) groups is 1. The quantitative estimate of drug-likeness (QED) is 0.419. The summed E-state index contributed by atoms with van der Waals surface area (Å²) < 4.78 is 10.4. The molecule has 23 heavy (non-hydrogen) atoms. The minimum Gasteiger partial charge on any atom is -0.469 e. The molecular formula is C16H31N3O3Si. The van der Waals surface area contributed by atoms with E-state index in [4.69, 9.17) is 20.9 Å². The van der Waals surface area contributed by atoms with Gasteiger partial charge in [-0.15, -0.1) is 0 Å². The third-order valence-electron chi connectivity index (χ3n) is 4.08. The fourth-order valence-corrected chi connectivity index (χ4v) is 3.39. The van der Waals surface area contributed by atoms with Gasteiger partial charge in [0, 0.05) is 32.2 Å². The zero-order valence-corrected chi connectivity index (χ0v) is 15.9. The van der Waals surface area contributed by atoms with E-state index in [2.05, 4.69) is 24.6 Å². The van der Waals surface area contributed by atoms with E-state index in [1.54, 1.807) is 0 Å². The summed E-state index contributed by atoms with van der Waals surface area (Å²) in [5.41, 5.74) is 13.0. The van der Waals surface area contributed by atoms with Gasteiger partial charge >= 0.3 is 5.97 Å². The Labute approximate surface area is 140 Å². The number of nitrogens with zero attached hydrogens (tertiary/aromatic N) is 1. The zero-order chi connectivity index (χ0) is 17.5. The first-order valence-corrected chi connectivity index (χ1v) is 11.8. The highest BCUT2D eigenvalue weighted by atomic mass is 28.3. The van der Waals surface area contributed by atoms with E-state index in [1.807, 2.05) is 0 Å². The van der Waals surface area contributed by atoms with Gasteiger partial charge in [0.1, 0.15) is 6.73 Å². The van der Waals surface area contributed by atoms with E-state index >= 15 is 0 Å². The Kier molecular flexibility index (Phi) is 7.43. The van der Waals surface area contributed by atoms with Crippen LogP contribution in [0, 0.1) is 0 Å². The molecule has 1 aliphatic carbocycles. The number of esters is 1. The molecule has 132 valence electrons. The summed E-state index contributed by atoms with van der Waals surface area (Å²) in [7, 11) is 0.274. The number of nitrogens with two attached hydrogens (primary N) is 2. The molecule has 0 aromatic rings. The summed E-state index contributed by atoms with van der Waals surface area (Å²) in [5, 5.41) is 0. The molecule has 1 saturated carbocycles. The molecule has 0 radical (unpaired) electrons. The van der Waals surface area contributed by atoms with Crippen LogP contribution in [-0.2, 0) is 14.3 Å². The van der Waals surface area contributed by atoms with Gasteiger partial charge in [0.05, 0.1) is 19.1 Å². The monoisotopic (exact) mass is 341 g/mol. The predicted octanol–water partition coefficient (Wildman–Crippen LogP) is 2.03. The van der Waals surface area contributed by atoms with E-state index in [0.29, 0.717) is 13.2 Å². The number of hydrogen-bond acceptors (Lipinski definition) is 6. The summed E-state index contributed by atoms with van der Waals surface area (Å²) in [5.74, 6) is -0.334. The molecule has 0 heterocycles. The van der Waals surface area contributed by atoms with Crippen LogP contribution in [0.2, 0.25) is 25.7 Å². The van der Waals surface area contributed by atoms with E-state index < -0.39 is 13.6 Å². The fraction of sp³-hybridized carbons (Fsp3) is 0.750. The molecule has 0 aliphatic heterocycles. The Hall–Kier alpha value is -1.18. The normalized spacial score (nSPS) is 25.8. The Morgan fingerprint density at radius 2 is 2.13 bits per heavy atom. The lowest BCUT2D eigenvalue weighted by atomic mass is 9.75. The van der Waals surface area contributed by atoms with Crippen molar-refractivity contribution in [2.45, 2.75) is 56.9 Å². The maximum Gasteiger partial charge on any atom is 0.307 e. The lowest BCUT2D eigenvalue weighted by Crippen LogP contribution is -2.49. The first kappa shape index (κ1) is 19.9. The Balaban J connectivity index is 2.67. The molecule has 4 N–H and O–H groups in total. The third kappa shape index (κ3) is 6.45. The van der Waals surface area contributed by atoms with Gasteiger partial charge in [-0.25, -0.2) is 0 Å². The van der Waals surface area contributed by atoms with Crippen LogP contribution in [-0.4, -0.2) is 45.7 Å². The smallest absolute Gasteiger partial charge is 0.307 e. The topological polar surface area (TPSA) is 99.9 Å². The summed E-state index contributed by atoms with van der Waals surface area (Å²) >= 11 is 0.